The van der Waals surface area contributed by atoms with Crippen molar-refractivity contribution < 1.29 is 23.9 Å². The summed E-state index contributed by atoms with van der Waals surface area (Å²) >= 11 is 0. The normalized spacial score (nSPS) is 21.2. The minimum absolute atomic E-state index is 0.399. The van der Waals surface area contributed by atoms with Gasteiger partial charge in [-0.1, -0.05) is 24.3 Å². The molecule has 1 aromatic carbocycles. The molecule has 1 aliphatic rings. The van der Waals surface area contributed by atoms with Crippen LogP contribution >= 0.6 is 0 Å². The fourth-order valence-corrected chi connectivity index (χ4v) is 2.96. The number of hydrogen-bond acceptors (Lipinski definition) is 6. The van der Waals surface area contributed by atoms with E-state index in [1.165, 1.54) is 6.20 Å². The Kier molecular flexibility index (Phi) is 6.14. The number of amides is 3. The van der Waals surface area contributed by atoms with Gasteiger partial charge in [-0.2, -0.15) is 0 Å². The lowest BCUT2D eigenvalue weighted by Gasteiger charge is -2.46. The van der Waals surface area contributed by atoms with Crippen molar-refractivity contribution in [1.29, 1.82) is 0 Å². The Morgan fingerprint density at radius 1 is 1.16 bits per heavy atom. The van der Waals surface area contributed by atoms with Gasteiger partial charge in [-0.3, -0.25) is 14.6 Å². The quantitative estimate of drug-likeness (QED) is 0.609. The van der Waals surface area contributed by atoms with Crippen molar-refractivity contribution in [3.05, 3.63) is 60.4 Å². The van der Waals surface area contributed by atoms with Gasteiger partial charge in [-0.05, 0) is 45.9 Å². The predicted octanol–water partition coefficient (Wildman–Crippen LogP) is 2.06. The third-order valence-corrected chi connectivity index (χ3v) is 4.58. The molecule has 9 nitrogen and oxygen atoms in total. The molecule has 0 aliphatic carbocycles. The molecule has 3 N–H and O–H groups in total. The molecule has 0 bridgehead atoms. The van der Waals surface area contributed by atoms with E-state index in [1.807, 2.05) is 6.07 Å². The number of rotatable bonds is 6. The van der Waals surface area contributed by atoms with Crippen LogP contribution in [0.2, 0.25) is 0 Å². The highest BCUT2D eigenvalue weighted by molar-refractivity contribution is 5.98. The zero-order valence-electron chi connectivity index (χ0n) is 17.8. The molecule has 0 spiro atoms. The second-order valence-corrected chi connectivity index (χ2v) is 8.34. The maximum Gasteiger partial charge on any atom is 0.408 e. The molecule has 0 radical (unpaired) electrons. The molecule has 0 saturated carbocycles. The van der Waals surface area contributed by atoms with Crippen molar-refractivity contribution in [3.63, 3.8) is 0 Å². The molecule has 2 aromatic rings. The van der Waals surface area contributed by atoms with Crippen molar-refractivity contribution >= 4 is 17.9 Å². The number of aromatic nitrogens is 1. The van der Waals surface area contributed by atoms with Gasteiger partial charge in [0.05, 0.1) is 0 Å². The van der Waals surface area contributed by atoms with E-state index >= 15 is 0 Å². The predicted molar refractivity (Wildman–Crippen MR) is 112 cm³/mol. The van der Waals surface area contributed by atoms with Crippen LogP contribution in [0.5, 0.6) is 5.75 Å². The number of carbonyl (C=O) groups excluding carboxylic acids is 3. The number of nitrogens with one attached hydrogen (secondary N) is 3. The van der Waals surface area contributed by atoms with Crippen LogP contribution in [0, 0.1) is 0 Å². The summed E-state index contributed by atoms with van der Waals surface area (Å²) in [6.45, 7) is 6.72. The molecule has 3 rings (SSSR count). The Morgan fingerprint density at radius 2 is 1.87 bits per heavy atom. The van der Waals surface area contributed by atoms with Crippen LogP contribution in [0.1, 0.15) is 39.3 Å². The number of benzene rings is 1. The molecule has 1 saturated heterocycles. The van der Waals surface area contributed by atoms with E-state index in [9.17, 15) is 14.4 Å². The van der Waals surface area contributed by atoms with Gasteiger partial charge in [-0.25, -0.2) is 4.79 Å². The standard InChI is InChI=1S/C22H26N4O5/c1-21(2,3)31-20(29)24-16(14-9-8-12-23-13-14)17(27)26-22(4)18(28)25-19(22)30-15-10-6-5-7-11-15/h5-13,16,19H,1-4H3,(H,24,29)(H,25,28)(H,26,27)/t16?,19-,22-/m1/s1. The van der Waals surface area contributed by atoms with Crippen LogP contribution in [-0.4, -0.2) is 40.3 Å². The Balaban J connectivity index is 1.77. The number of pyridine rings is 1. The zero-order valence-corrected chi connectivity index (χ0v) is 17.8. The third-order valence-electron chi connectivity index (χ3n) is 4.58. The average Bonchev–Trinajstić information content (AvgIpc) is 2.72. The van der Waals surface area contributed by atoms with E-state index in [-0.39, 0.29) is 0 Å². The van der Waals surface area contributed by atoms with Crippen molar-refractivity contribution in [1.82, 2.24) is 20.9 Å². The van der Waals surface area contributed by atoms with Crippen molar-refractivity contribution in [2.75, 3.05) is 0 Å². The summed E-state index contributed by atoms with van der Waals surface area (Å²) < 4.78 is 11.1. The van der Waals surface area contributed by atoms with Gasteiger partial charge in [0, 0.05) is 18.0 Å². The monoisotopic (exact) mass is 426 g/mol. The molecular weight excluding hydrogens is 400 g/mol. The zero-order chi connectivity index (χ0) is 22.6. The van der Waals surface area contributed by atoms with Crippen LogP contribution < -0.4 is 20.7 Å². The lowest BCUT2D eigenvalue weighted by Crippen LogP contribution is -2.80. The van der Waals surface area contributed by atoms with E-state index in [2.05, 4.69) is 20.9 Å². The van der Waals surface area contributed by atoms with Crippen LogP contribution in [0.3, 0.4) is 0 Å². The van der Waals surface area contributed by atoms with E-state index in [4.69, 9.17) is 9.47 Å². The lowest BCUT2D eigenvalue weighted by molar-refractivity contribution is -0.154. The minimum Gasteiger partial charge on any atom is -0.468 e. The summed E-state index contributed by atoms with van der Waals surface area (Å²) in [5, 5.41) is 7.90. The number of hydrogen-bond donors (Lipinski definition) is 3. The van der Waals surface area contributed by atoms with E-state index in [0.717, 1.165) is 0 Å². The summed E-state index contributed by atoms with van der Waals surface area (Å²) in [5.74, 6) is -0.453. The third kappa shape index (κ3) is 5.30. The Bertz CT molecular complexity index is 945. The molecule has 1 unspecified atom stereocenters. The number of nitrogens with zero attached hydrogens (tertiary/aromatic N) is 1. The molecule has 9 heteroatoms. The summed E-state index contributed by atoms with van der Waals surface area (Å²) in [7, 11) is 0. The Hall–Kier alpha value is -3.62. The molecule has 1 aromatic heterocycles. The van der Waals surface area contributed by atoms with Gasteiger partial charge in [0.1, 0.15) is 17.4 Å². The van der Waals surface area contributed by atoms with Gasteiger partial charge in [0.25, 0.3) is 5.91 Å². The first-order chi connectivity index (χ1) is 14.6. The maximum absolute atomic E-state index is 13.2. The van der Waals surface area contributed by atoms with Crippen LogP contribution in [0.15, 0.2) is 54.9 Å². The molecule has 2 heterocycles. The molecule has 1 aliphatic heterocycles. The topological polar surface area (TPSA) is 119 Å². The second kappa shape index (κ2) is 8.63. The number of ether oxygens (including phenoxy) is 2. The van der Waals surface area contributed by atoms with Crippen molar-refractivity contribution in [3.8, 4) is 5.75 Å². The highest BCUT2D eigenvalue weighted by atomic mass is 16.6. The second-order valence-electron chi connectivity index (χ2n) is 8.34. The summed E-state index contributed by atoms with van der Waals surface area (Å²) in [6, 6.07) is 11.1. The largest absolute Gasteiger partial charge is 0.468 e. The average molecular weight is 426 g/mol. The molecule has 164 valence electrons. The van der Waals surface area contributed by atoms with E-state index < -0.39 is 41.3 Å². The molecule has 1 fully saturated rings. The smallest absolute Gasteiger partial charge is 0.408 e. The van der Waals surface area contributed by atoms with Gasteiger partial charge in [0.15, 0.2) is 5.54 Å². The lowest BCUT2D eigenvalue weighted by atomic mass is 9.89. The van der Waals surface area contributed by atoms with Crippen molar-refractivity contribution in [2.45, 2.75) is 51.1 Å². The van der Waals surface area contributed by atoms with Crippen LogP contribution in [0.25, 0.3) is 0 Å². The van der Waals surface area contributed by atoms with Gasteiger partial charge in [-0.15, -0.1) is 0 Å². The fraction of sp³-hybridized carbons (Fsp3) is 0.364. The van der Waals surface area contributed by atoms with Crippen molar-refractivity contribution in [2.24, 2.45) is 0 Å². The van der Waals surface area contributed by atoms with E-state index in [1.54, 1.807) is 70.3 Å². The summed E-state index contributed by atoms with van der Waals surface area (Å²) in [6.07, 6.45) is 1.47. The number of carbonyl (C=O) groups is 3. The highest BCUT2D eigenvalue weighted by Crippen LogP contribution is 2.26. The van der Waals surface area contributed by atoms with Crippen LogP contribution in [0.4, 0.5) is 4.79 Å². The number of para-hydroxylation sites is 1. The van der Waals surface area contributed by atoms with Crippen LogP contribution in [-0.2, 0) is 14.3 Å². The molecular formula is C22H26N4O5. The SMILES string of the molecule is CC(C)(C)OC(=O)NC(C(=O)N[C@]1(C)C(=O)N[C@@H]1Oc1ccccc1)c1cccnc1. The molecule has 31 heavy (non-hydrogen) atoms. The maximum atomic E-state index is 13.2. The van der Waals surface area contributed by atoms with E-state index in [0.29, 0.717) is 11.3 Å². The summed E-state index contributed by atoms with van der Waals surface area (Å²) in [4.78, 5) is 41.8. The first-order valence-corrected chi connectivity index (χ1v) is 9.82. The highest BCUT2D eigenvalue weighted by Gasteiger charge is 2.55. The number of alkyl carbamates (subject to hydrolysis) is 1. The minimum atomic E-state index is -1.33. The van der Waals surface area contributed by atoms with Gasteiger partial charge < -0.3 is 25.4 Å². The Morgan fingerprint density at radius 3 is 2.45 bits per heavy atom. The van der Waals surface area contributed by atoms with Gasteiger partial charge >= 0.3 is 6.09 Å². The first kappa shape index (κ1) is 22.1. The number of β-lactam (4-membered cyclic amide) rings is 1. The fourth-order valence-electron chi connectivity index (χ4n) is 2.96. The summed E-state index contributed by atoms with van der Waals surface area (Å²) in [5.41, 5.74) is -1.63. The van der Waals surface area contributed by atoms with Gasteiger partial charge in [0.2, 0.25) is 12.1 Å². The first-order valence-electron chi connectivity index (χ1n) is 9.82. The molecule has 3 amide bonds. The molecule has 3 atom stereocenters. The Labute approximate surface area is 180 Å².